The highest BCUT2D eigenvalue weighted by atomic mass is 16.3. The van der Waals surface area contributed by atoms with Gasteiger partial charge in [-0.15, -0.1) is 0 Å². The molecule has 5 nitrogen and oxygen atoms in total. The SMILES string of the molecule is c1ccc(-c2nc(-c3cccc(-c4nc5ccccc5c5c(-c6ccc7c8ccccc8c8ccccc8c7c6)c6c(cc45)oc4ccccc46)c3)nc(-c3ccc4c5ccccc5c5ccccc5c4c3)n2)cc1. The fourth-order valence-corrected chi connectivity index (χ4v) is 12.1. The quantitative estimate of drug-likeness (QED) is 0.161. The third-order valence-corrected chi connectivity index (χ3v) is 15.4. The molecule has 5 heteroatoms. The van der Waals surface area contributed by atoms with Crippen LogP contribution in [0.25, 0.3) is 165 Å². The van der Waals surface area contributed by atoms with Gasteiger partial charge in [-0.05, 0) is 107 Å². The van der Waals surface area contributed by atoms with Crippen molar-refractivity contribution >= 4 is 108 Å². The van der Waals surface area contributed by atoms with Gasteiger partial charge in [0.2, 0.25) is 0 Å². The zero-order chi connectivity index (χ0) is 49.1. The topological polar surface area (TPSA) is 64.7 Å². The van der Waals surface area contributed by atoms with E-state index in [4.69, 9.17) is 24.4 Å². The highest BCUT2D eigenvalue weighted by Gasteiger charge is 2.24. The Kier molecular flexibility index (Phi) is 8.97. The average molecular weight is 953 g/mol. The van der Waals surface area contributed by atoms with Crippen molar-refractivity contribution in [2.24, 2.45) is 0 Å². The van der Waals surface area contributed by atoms with Crippen LogP contribution in [0.15, 0.2) is 247 Å². The van der Waals surface area contributed by atoms with Gasteiger partial charge >= 0.3 is 0 Å². The second-order valence-corrected chi connectivity index (χ2v) is 19.6. The minimum Gasteiger partial charge on any atom is -0.456 e. The highest BCUT2D eigenvalue weighted by molar-refractivity contribution is 6.31. The summed E-state index contributed by atoms with van der Waals surface area (Å²) in [5.74, 6) is 1.78. The van der Waals surface area contributed by atoms with Crippen molar-refractivity contribution in [1.29, 1.82) is 0 Å². The van der Waals surface area contributed by atoms with Gasteiger partial charge in [0, 0.05) is 54.7 Å². The van der Waals surface area contributed by atoms with E-state index in [-0.39, 0.29) is 0 Å². The van der Waals surface area contributed by atoms with E-state index in [0.717, 1.165) is 88.1 Å². The summed E-state index contributed by atoms with van der Waals surface area (Å²) >= 11 is 0. The van der Waals surface area contributed by atoms with Gasteiger partial charge in [-0.2, -0.15) is 0 Å². The van der Waals surface area contributed by atoms with E-state index < -0.39 is 0 Å². The molecule has 0 aliphatic rings. The minimum absolute atomic E-state index is 0.575. The van der Waals surface area contributed by atoms with E-state index >= 15 is 0 Å². The summed E-state index contributed by atoms with van der Waals surface area (Å²) in [5, 5.41) is 20.0. The molecule has 0 N–H and O–H groups in total. The van der Waals surface area contributed by atoms with Crippen LogP contribution in [-0.4, -0.2) is 19.9 Å². The Bertz CT molecular complexity index is 5010. The molecule has 75 heavy (non-hydrogen) atoms. The molecule has 0 amide bonds. The standard InChI is InChI=1S/C70H40N4O/c1-2-17-41(18-3-1)68-72-69(74-70(73-68)45-34-36-55-51-26-7-5-22-47(51)49-24-9-11-28-53(49)59(55)39-45)44-20-16-19-43(37-44)67-60-40-63-66(57-30-13-15-32-62(57)75-63)64(65(60)56-29-12-14-31-61(56)71-67)42-33-35-54-50-25-6-4-21-46(50)48-23-8-10-27-52(48)58(54)38-42/h1-40H. The first kappa shape index (κ1) is 41.5. The first-order chi connectivity index (χ1) is 37.2. The molecule has 0 saturated heterocycles. The summed E-state index contributed by atoms with van der Waals surface area (Å²) in [6.07, 6.45) is 0. The summed E-state index contributed by atoms with van der Waals surface area (Å²) in [6, 6.07) is 86.3. The fraction of sp³-hybridized carbons (Fsp3) is 0. The Morgan fingerprint density at radius 1 is 0.227 bits per heavy atom. The molecule has 0 spiro atoms. The number of benzene rings is 13. The Balaban J connectivity index is 0.935. The Hall–Kier alpha value is -10.1. The van der Waals surface area contributed by atoms with Crippen molar-refractivity contribution in [3.63, 3.8) is 0 Å². The van der Waals surface area contributed by atoms with Gasteiger partial charge in [-0.1, -0.05) is 206 Å². The van der Waals surface area contributed by atoms with Gasteiger partial charge in [0.05, 0.1) is 11.2 Å². The third kappa shape index (κ3) is 6.38. The minimum atomic E-state index is 0.575. The Morgan fingerprint density at radius 2 is 0.653 bits per heavy atom. The van der Waals surface area contributed by atoms with Crippen LogP contribution in [0.3, 0.4) is 0 Å². The number of aromatic nitrogens is 4. The lowest BCUT2D eigenvalue weighted by atomic mass is 9.87. The number of hydrogen-bond donors (Lipinski definition) is 0. The number of pyridine rings is 1. The van der Waals surface area contributed by atoms with E-state index in [9.17, 15) is 0 Å². The largest absolute Gasteiger partial charge is 0.456 e. The molecule has 3 aromatic heterocycles. The van der Waals surface area contributed by atoms with Crippen molar-refractivity contribution in [1.82, 2.24) is 19.9 Å². The van der Waals surface area contributed by atoms with Crippen molar-refractivity contribution in [2.75, 3.05) is 0 Å². The van der Waals surface area contributed by atoms with Crippen LogP contribution in [0.1, 0.15) is 0 Å². The molecule has 0 atom stereocenters. The zero-order valence-electron chi connectivity index (χ0n) is 40.3. The molecule has 346 valence electrons. The maximum atomic E-state index is 6.86. The second-order valence-electron chi connectivity index (χ2n) is 19.6. The lowest BCUT2D eigenvalue weighted by Gasteiger charge is -2.17. The second kappa shape index (κ2) is 16.2. The molecule has 0 saturated carbocycles. The third-order valence-electron chi connectivity index (χ3n) is 15.4. The zero-order valence-corrected chi connectivity index (χ0v) is 40.3. The maximum Gasteiger partial charge on any atom is 0.164 e. The van der Waals surface area contributed by atoms with Crippen LogP contribution in [-0.2, 0) is 0 Å². The number of para-hydroxylation sites is 2. The Morgan fingerprint density at radius 3 is 1.25 bits per heavy atom. The molecule has 0 fully saturated rings. The van der Waals surface area contributed by atoms with Gasteiger partial charge in [-0.3, -0.25) is 0 Å². The van der Waals surface area contributed by atoms with Crippen molar-refractivity contribution in [3.05, 3.63) is 243 Å². The van der Waals surface area contributed by atoms with Crippen LogP contribution in [0.5, 0.6) is 0 Å². The first-order valence-electron chi connectivity index (χ1n) is 25.4. The molecule has 16 aromatic rings. The smallest absolute Gasteiger partial charge is 0.164 e. The molecule has 0 bridgehead atoms. The summed E-state index contributed by atoms with van der Waals surface area (Å²) in [4.78, 5) is 21.3. The number of hydrogen-bond acceptors (Lipinski definition) is 5. The van der Waals surface area contributed by atoms with E-state index in [1.165, 1.54) is 59.2 Å². The predicted molar refractivity (Wildman–Crippen MR) is 312 cm³/mol. The fourth-order valence-electron chi connectivity index (χ4n) is 12.1. The number of furan rings is 1. The van der Waals surface area contributed by atoms with Gasteiger partial charge in [-0.25, -0.2) is 19.9 Å². The van der Waals surface area contributed by atoms with Crippen LogP contribution >= 0.6 is 0 Å². The molecule has 0 radical (unpaired) electrons. The molecule has 16 rings (SSSR count). The number of fused-ring (bicyclic) bond motifs is 18. The van der Waals surface area contributed by atoms with Crippen LogP contribution in [0.2, 0.25) is 0 Å². The van der Waals surface area contributed by atoms with E-state index in [0.29, 0.717) is 17.5 Å². The predicted octanol–water partition coefficient (Wildman–Crippen LogP) is 18.7. The maximum absolute atomic E-state index is 6.86. The van der Waals surface area contributed by atoms with Crippen molar-refractivity contribution in [2.45, 2.75) is 0 Å². The van der Waals surface area contributed by atoms with Crippen LogP contribution in [0.4, 0.5) is 0 Å². The molecular weight excluding hydrogens is 913 g/mol. The molecule has 0 aliphatic heterocycles. The molecule has 0 unspecified atom stereocenters. The van der Waals surface area contributed by atoms with Crippen molar-refractivity contribution < 1.29 is 4.42 Å². The molecule has 13 aromatic carbocycles. The average Bonchev–Trinajstić information content (AvgIpc) is 3.86. The summed E-state index contributed by atoms with van der Waals surface area (Å²) in [7, 11) is 0. The van der Waals surface area contributed by atoms with Crippen LogP contribution in [0, 0.1) is 0 Å². The number of nitrogens with zero attached hydrogens (tertiary/aromatic N) is 4. The molecule has 3 heterocycles. The van der Waals surface area contributed by atoms with E-state index in [2.05, 4.69) is 218 Å². The van der Waals surface area contributed by atoms with Crippen molar-refractivity contribution in [3.8, 4) is 56.5 Å². The van der Waals surface area contributed by atoms with Gasteiger partial charge in [0.1, 0.15) is 11.2 Å². The van der Waals surface area contributed by atoms with Crippen LogP contribution < -0.4 is 0 Å². The summed E-state index contributed by atoms with van der Waals surface area (Å²) < 4.78 is 6.86. The van der Waals surface area contributed by atoms with E-state index in [1.807, 2.05) is 24.3 Å². The first-order valence-corrected chi connectivity index (χ1v) is 25.4. The van der Waals surface area contributed by atoms with Gasteiger partial charge in [0.15, 0.2) is 17.5 Å². The number of rotatable bonds is 5. The normalized spacial score (nSPS) is 12.0. The molecule has 0 aliphatic carbocycles. The molecular formula is C70H40N4O. The summed E-state index contributed by atoms with van der Waals surface area (Å²) in [5.41, 5.74) is 9.25. The monoisotopic (exact) mass is 952 g/mol. The Labute approximate surface area is 429 Å². The van der Waals surface area contributed by atoms with Gasteiger partial charge in [0.25, 0.3) is 0 Å². The summed E-state index contributed by atoms with van der Waals surface area (Å²) in [6.45, 7) is 0. The highest BCUT2D eigenvalue weighted by Crippen LogP contribution is 2.48. The lowest BCUT2D eigenvalue weighted by Crippen LogP contribution is -2.00. The van der Waals surface area contributed by atoms with E-state index in [1.54, 1.807) is 0 Å². The van der Waals surface area contributed by atoms with Gasteiger partial charge < -0.3 is 4.42 Å². The lowest BCUT2D eigenvalue weighted by molar-refractivity contribution is 0.669.